The lowest BCUT2D eigenvalue weighted by atomic mass is 10.1. The molecule has 1 fully saturated rings. The maximum absolute atomic E-state index is 12.4. The van der Waals surface area contributed by atoms with Crippen LogP contribution >= 0.6 is 0 Å². The summed E-state index contributed by atoms with van der Waals surface area (Å²) in [4.78, 5) is 2.50. The number of benzene rings is 1. The third-order valence-electron chi connectivity index (χ3n) is 3.94. The lowest BCUT2D eigenvalue weighted by Crippen LogP contribution is -2.38. The van der Waals surface area contributed by atoms with E-state index in [-0.39, 0.29) is 6.04 Å². The van der Waals surface area contributed by atoms with Crippen molar-refractivity contribution < 1.29 is 8.42 Å². The molecule has 1 saturated heterocycles. The van der Waals surface area contributed by atoms with Crippen molar-refractivity contribution in [2.24, 2.45) is 0 Å². The van der Waals surface area contributed by atoms with Gasteiger partial charge in [-0.1, -0.05) is 13.0 Å². The van der Waals surface area contributed by atoms with Gasteiger partial charge in [0.25, 0.3) is 0 Å². The summed E-state index contributed by atoms with van der Waals surface area (Å²) in [7, 11) is -1.46. The van der Waals surface area contributed by atoms with Gasteiger partial charge in [0.15, 0.2) is 0 Å². The van der Waals surface area contributed by atoms with Crippen LogP contribution in [0.1, 0.15) is 25.3 Å². The monoisotopic (exact) mass is 297 g/mol. The molecule has 3 N–H and O–H groups in total. The van der Waals surface area contributed by atoms with Gasteiger partial charge in [0.1, 0.15) is 0 Å². The summed E-state index contributed by atoms with van der Waals surface area (Å²) in [5, 5.41) is 0. The number of nitrogen functional groups attached to an aromatic ring is 1. The first-order valence-electron chi connectivity index (χ1n) is 7.02. The third-order valence-corrected chi connectivity index (χ3v) is 5.45. The smallest absolute Gasteiger partial charge is 0.240 e. The van der Waals surface area contributed by atoms with Crippen molar-refractivity contribution in [2.45, 2.75) is 37.1 Å². The Hall–Kier alpha value is -1.11. The molecule has 0 aromatic heterocycles. The van der Waals surface area contributed by atoms with Gasteiger partial charge in [-0.25, -0.2) is 13.1 Å². The minimum atomic E-state index is -3.49. The number of rotatable bonds is 5. The number of nitrogens with two attached hydrogens (primary N) is 1. The summed E-state index contributed by atoms with van der Waals surface area (Å²) < 4.78 is 27.6. The van der Waals surface area contributed by atoms with Gasteiger partial charge in [-0.05, 0) is 50.6 Å². The van der Waals surface area contributed by atoms with E-state index >= 15 is 0 Å². The molecule has 0 aliphatic carbocycles. The minimum absolute atomic E-state index is 0.288. The highest BCUT2D eigenvalue weighted by molar-refractivity contribution is 7.89. The normalized spacial score (nSPS) is 20.4. The van der Waals surface area contributed by atoms with E-state index in [1.807, 2.05) is 14.0 Å². The highest BCUT2D eigenvalue weighted by Crippen LogP contribution is 2.20. The van der Waals surface area contributed by atoms with Crippen molar-refractivity contribution in [3.05, 3.63) is 23.8 Å². The zero-order valence-electron chi connectivity index (χ0n) is 12.1. The summed E-state index contributed by atoms with van der Waals surface area (Å²) in [5.74, 6) is 0. The van der Waals surface area contributed by atoms with Crippen molar-refractivity contribution in [3.8, 4) is 0 Å². The first-order valence-corrected chi connectivity index (χ1v) is 8.50. The van der Waals surface area contributed by atoms with Gasteiger partial charge in [0.05, 0.1) is 4.90 Å². The van der Waals surface area contributed by atoms with Crippen molar-refractivity contribution in [1.29, 1.82) is 0 Å². The van der Waals surface area contributed by atoms with Gasteiger partial charge >= 0.3 is 0 Å². The quantitative estimate of drug-likeness (QED) is 0.801. The Morgan fingerprint density at radius 3 is 2.80 bits per heavy atom. The number of likely N-dealkylation sites (N-methyl/N-ethyl adjacent to an activating group) is 1. The second-order valence-electron chi connectivity index (χ2n) is 5.35. The summed E-state index contributed by atoms with van der Waals surface area (Å²) in [6.45, 7) is 3.43. The number of aryl methyl sites for hydroxylation is 1. The maximum atomic E-state index is 12.4. The summed E-state index contributed by atoms with van der Waals surface area (Å²) in [6, 6.07) is 5.35. The zero-order valence-corrected chi connectivity index (χ0v) is 12.9. The molecule has 5 nitrogen and oxygen atoms in total. The lowest BCUT2D eigenvalue weighted by Gasteiger charge is -2.20. The van der Waals surface area contributed by atoms with Gasteiger partial charge in [0.2, 0.25) is 10.0 Å². The Balaban J connectivity index is 2.15. The number of nitrogens with one attached hydrogen (secondary N) is 1. The molecule has 1 atom stereocenters. The van der Waals surface area contributed by atoms with Crippen LogP contribution in [0.25, 0.3) is 0 Å². The molecular formula is C14H23N3O2S. The van der Waals surface area contributed by atoms with E-state index < -0.39 is 10.0 Å². The number of nitrogens with zero attached hydrogens (tertiary/aromatic N) is 1. The molecule has 1 unspecified atom stereocenters. The van der Waals surface area contributed by atoms with Crippen molar-refractivity contribution >= 4 is 15.7 Å². The van der Waals surface area contributed by atoms with Gasteiger partial charge in [-0.3, -0.25) is 0 Å². The molecule has 1 heterocycles. The first-order chi connectivity index (χ1) is 9.44. The molecule has 0 amide bonds. The molecule has 2 rings (SSSR count). The topological polar surface area (TPSA) is 75.4 Å². The van der Waals surface area contributed by atoms with E-state index in [0.717, 1.165) is 24.9 Å². The van der Waals surface area contributed by atoms with E-state index in [1.165, 1.54) is 0 Å². The molecule has 6 heteroatoms. The van der Waals surface area contributed by atoms with Crippen LogP contribution in [0.2, 0.25) is 0 Å². The minimum Gasteiger partial charge on any atom is -0.399 e. The van der Waals surface area contributed by atoms with E-state index in [9.17, 15) is 8.42 Å². The van der Waals surface area contributed by atoms with Gasteiger partial charge in [0, 0.05) is 18.3 Å². The lowest BCUT2D eigenvalue weighted by molar-refractivity contribution is 0.311. The molecule has 0 bridgehead atoms. The fraction of sp³-hybridized carbons (Fsp3) is 0.571. The molecular weight excluding hydrogens is 274 g/mol. The molecule has 0 radical (unpaired) electrons. The number of hydrogen-bond acceptors (Lipinski definition) is 4. The van der Waals surface area contributed by atoms with E-state index in [0.29, 0.717) is 23.5 Å². The van der Waals surface area contributed by atoms with Gasteiger partial charge in [-0.2, -0.15) is 0 Å². The van der Waals surface area contributed by atoms with E-state index in [1.54, 1.807) is 18.2 Å². The Bertz CT molecular complexity index is 572. The SMILES string of the molecule is CCc1ccc(N)cc1S(=O)(=O)NCC1CCCN1C. The second kappa shape index (κ2) is 6.11. The predicted octanol–water partition coefficient (Wildman–Crippen LogP) is 1.20. The highest BCUT2D eigenvalue weighted by Gasteiger charge is 2.24. The summed E-state index contributed by atoms with van der Waals surface area (Å²) in [5.41, 5.74) is 6.99. The summed E-state index contributed by atoms with van der Waals surface area (Å²) in [6.07, 6.45) is 2.83. The van der Waals surface area contributed by atoms with Crippen LogP contribution in [0, 0.1) is 0 Å². The van der Waals surface area contributed by atoms with Crippen LogP contribution in [0.5, 0.6) is 0 Å². The Morgan fingerprint density at radius 2 is 2.20 bits per heavy atom. The van der Waals surface area contributed by atoms with Crippen molar-refractivity contribution in [2.75, 3.05) is 25.9 Å². The highest BCUT2D eigenvalue weighted by atomic mass is 32.2. The molecule has 1 aliphatic rings. The van der Waals surface area contributed by atoms with Crippen LogP contribution in [0.3, 0.4) is 0 Å². The number of sulfonamides is 1. The largest absolute Gasteiger partial charge is 0.399 e. The van der Waals surface area contributed by atoms with E-state index in [4.69, 9.17) is 5.73 Å². The van der Waals surface area contributed by atoms with E-state index in [2.05, 4.69) is 9.62 Å². The fourth-order valence-electron chi connectivity index (χ4n) is 2.63. The molecule has 0 spiro atoms. The average Bonchev–Trinajstić information content (AvgIpc) is 2.82. The van der Waals surface area contributed by atoms with Crippen molar-refractivity contribution in [3.63, 3.8) is 0 Å². The van der Waals surface area contributed by atoms with Crippen LogP contribution < -0.4 is 10.5 Å². The maximum Gasteiger partial charge on any atom is 0.240 e. The average molecular weight is 297 g/mol. The Kier molecular flexibility index (Phi) is 4.67. The fourth-order valence-corrected chi connectivity index (χ4v) is 4.05. The van der Waals surface area contributed by atoms with Crippen LogP contribution in [-0.2, 0) is 16.4 Å². The third kappa shape index (κ3) is 3.31. The first kappa shape index (κ1) is 15.3. The number of hydrogen-bond donors (Lipinski definition) is 2. The Morgan fingerprint density at radius 1 is 1.45 bits per heavy atom. The number of anilines is 1. The number of likely N-dealkylation sites (tertiary alicyclic amines) is 1. The van der Waals surface area contributed by atoms with Crippen LogP contribution in [0.15, 0.2) is 23.1 Å². The molecule has 0 saturated carbocycles. The van der Waals surface area contributed by atoms with Gasteiger partial charge < -0.3 is 10.6 Å². The zero-order chi connectivity index (χ0) is 14.8. The Labute approximate surface area is 121 Å². The standard InChI is InChI=1S/C14H23N3O2S/c1-3-11-6-7-12(15)9-14(11)20(18,19)16-10-13-5-4-8-17(13)2/h6-7,9,13,16H,3-5,8,10,15H2,1-2H3. The second-order valence-corrected chi connectivity index (χ2v) is 7.08. The molecule has 112 valence electrons. The van der Waals surface area contributed by atoms with Gasteiger partial charge in [-0.15, -0.1) is 0 Å². The molecule has 1 aromatic carbocycles. The molecule has 1 aliphatic heterocycles. The predicted molar refractivity (Wildman–Crippen MR) is 81.1 cm³/mol. The van der Waals surface area contributed by atoms with Crippen LogP contribution in [-0.4, -0.2) is 39.5 Å². The summed E-state index contributed by atoms with van der Waals surface area (Å²) >= 11 is 0. The van der Waals surface area contributed by atoms with Crippen LogP contribution in [0.4, 0.5) is 5.69 Å². The molecule has 20 heavy (non-hydrogen) atoms. The van der Waals surface area contributed by atoms with Crippen molar-refractivity contribution in [1.82, 2.24) is 9.62 Å². The molecule has 1 aromatic rings.